The van der Waals surface area contributed by atoms with Crippen molar-refractivity contribution in [1.29, 1.82) is 0 Å². The van der Waals surface area contributed by atoms with Gasteiger partial charge in [0.05, 0.1) is 0 Å². The molecule has 0 spiro atoms. The maximum atomic E-state index is 6.03. The molecule has 1 rings (SSSR count). The summed E-state index contributed by atoms with van der Waals surface area (Å²) in [6, 6.07) is 0.0248. The summed E-state index contributed by atoms with van der Waals surface area (Å²) in [5.41, 5.74) is 11.9. The average molecular weight is 379 g/mol. The van der Waals surface area contributed by atoms with Gasteiger partial charge in [0.25, 0.3) is 0 Å². The van der Waals surface area contributed by atoms with E-state index in [1.54, 1.807) is 0 Å². The summed E-state index contributed by atoms with van der Waals surface area (Å²) in [7, 11) is 11.8. The third-order valence-corrected chi connectivity index (χ3v) is 8.78. The topological polar surface area (TPSA) is 52.0 Å². The van der Waals surface area contributed by atoms with E-state index in [1.165, 1.54) is 0 Å². The van der Waals surface area contributed by atoms with Crippen LogP contribution in [-0.2, 0) is 15.2 Å². The molecule has 0 heterocycles. The first kappa shape index (κ1) is 10.3. The normalized spacial score (nSPS) is 40.4. The maximum absolute atomic E-state index is 6.03. The van der Waals surface area contributed by atoms with Gasteiger partial charge in [-0.3, -0.25) is 0 Å². The van der Waals surface area contributed by atoms with Gasteiger partial charge in [0.15, 0.2) is 0 Å². The van der Waals surface area contributed by atoms with Crippen molar-refractivity contribution >= 4 is 18.8 Å². The van der Waals surface area contributed by atoms with Crippen LogP contribution in [-0.4, -0.2) is 9.97 Å². The van der Waals surface area contributed by atoms with Gasteiger partial charge in [-0.2, -0.15) is 0 Å². The van der Waals surface area contributed by atoms with Crippen LogP contribution in [0, 0.1) is 0 Å². The number of rotatable bonds is 1. The monoisotopic (exact) mass is 378 g/mol. The van der Waals surface area contributed by atoms with Gasteiger partial charge in [0, 0.05) is 0 Å². The van der Waals surface area contributed by atoms with Gasteiger partial charge < -0.3 is 0 Å². The zero-order valence-corrected chi connectivity index (χ0v) is 9.92. The molecule has 11 heavy (non-hydrogen) atoms. The van der Waals surface area contributed by atoms with Crippen LogP contribution in [0.2, 0.25) is 0 Å². The molecule has 0 saturated heterocycles. The average Bonchev–Trinajstić information content (AvgIpc) is 1.95. The van der Waals surface area contributed by atoms with Crippen molar-refractivity contribution in [1.82, 2.24) is 0 Å². The molecule has 0 aliphatic heterocycles. The molecule has 0 bridgehead atoms. The van der Waals surface area contributed by atoms with E-state index in [4.69, 9.17) is 30.3 Å². The predicted molar refractivity (Wildman–Crippen MR) is 45.1 cm³/mol. The number of hydrogen-bond donors (Lipinski definition) is 2. The molecule has 1 fully saturated rings. The van der Waals surface area contributed by atoms with Crippen molar-refractivity contribution in [3.05, 3.63) is 0 Å². The van der Waals surface area contributed by atoms with Gasteiger partial charge >= 0.3 is 81.2 Å². The molecule has 0 aromatic rings. The van der Waals surface area contributed by atoms with Gasteiger partial charge in [-0.05, 0) is 0 Å². The Balaban J connectivity index is 2.64. The number of nitrogens with two attached hydrogens (primary N) is 2. The zero-order chi connectivity index (χ0) is 8.48. The van der Waals surface area contributed by atoms with Crippen LogP contribution in [0.15, 0.2) is 0 Å². The standard InChI is InChI=1S/C6H13N2.2ClH.Pt/c7-5-3-1-2-4-6(5)8;;;/h5H,1-4,7-8H2;2*1H;/q;;;+2/p-2. The Bertz CT molecular complexity index is 145. The molecule has 1 aliphatic carbocycles. The molecular weight excluding hydrogens is 366 g/mol. The third kappa shape index (κ3) is 2.10. The van der Waals surface area contributed by atoms with Crippen molar-refractivity contribution in [3.8, 4) is 0 Å². The van der Waals surface area contributed by atoms with Gasteiger partial charge in [0.1, 0.15) is 0 Å². The fraction of sp³-hybridized carbons (Fsp3) is 1.00. The van der Waals surface area contributed by atoms with E-state index in [0.717, 1.165) is 25.7 Å². The summed E-state index contributed by atoms with van der Waals surface area (Å²) >= 11 is -2.00. The van der Waals surface area contributed by atoms with Crippen LogP contribution < -0.4 is 11.5 Å². The molecule has 2 unspecified atom stereocenters. The molecule has 4 N–H and O–H groups in total. The van der Waals surface area contributed by atoms with Crippen molar-refractivity contribution in [2.24, 2.45) is 11.5 Å². The molecule has 71 valence electrons. The molecule has 0 aromatic heterocycles. The SMILES string of the molecule is NC1CCCC[C]1(N)[Pt]([Cl])[Cl]. The molecule has 0 aromatic carbocycles. The van der Waals surface area contributed by atoms with Gasteiger partial charge in [-0.25, -0.2) is 0 Å². The second kappa shape index (κ2) is 3.93. The van der Waals surface area contributed by atoms with Crippen molar-refractivity contribution < 1.29 is 15.2 Å². The van der Waals surface area contributed by atoms with Gasteiger partial charge in [-0.15, -0.1) is 0 Å². The molecule has 1 saturated carbocycles. The number of halogens is 2. The molecule has 0 amide bonds. The van der Waals surface area contributed by atoms with Crippen LogP contribution in [0.4, 0.5) is 0 Å². The zero-order valence-electron chi connectivity index (χ0n) is 6.13. The van der Waals surface area contributed by atoms with Gasteiger partial charge in [0.2, 0.25) is 0 Å². The Morgan fingerprint density at radius 3 is 2.36 bits per heavy atom. The molecular formula is C6H13Cl2N2Pt. The van der Waals surface area contributed by atoms with E-state index < -0.39 is 19.2 Å². The Morgan fingerprint density at radius 2 is 2.00 bits per heavy atom. The summed E-state index contributed by atoms with van der Waals surface area (Å²) in [6.45, 7) is 0. The second-order valence-electron chi connectivity index (χ2n) is 2.89. The van der Waals surface area contributed by atoms with E-state index in [9.17, 15) is 0 Å². The van der Waals surface area contributed by atoms with Crippen LogP contribution in [0.25, 0.3) is 0 Å². The summed E-state index contributed by atoms with van der Waals surface area (Å²) in [5.74, 6) is 0. The molecule has 0 radical (unpaired) electrons. The van der Waals surface area contributed by atoms with Crippen molar-refractivity contribution in [3.63, 3.8) is 0 Å². The second-order valence-corrected chi connectivity index (χ2v) is 11.1. The quantitative estimate of drug-likeness (QED) is 0.725. The van der Waals surface area contributed by atoms with E-state index in [1.807, 2.05) is 0 Å². The van der Waals surface area contributed by atoms with Gasteiger partial charge in [-0.1, -0.05) is 0 Å². The summed E-state index contributed by atoms with van der Waals surface area (Å²) in [4.78, 5) is 0. The first-order valence-electron chi connectivity index (χ1n) is 3.57. The Labute approximate surface area is 81.0 Å². The molecule has 5 heteroatoms. The molecule has 1 aliphatic rings. The van der Waals surface area contributed by atoms with E-state index in [0.29, 0.717) is 0 Å². The summed E-state index contributed by atoms with van der Waals surface area (Å²) in [5, 5.41) is 0. The fourth-order valence-corrected chi connectivity index (χ4v) is 5.54. The summed E-state index contributed by atoms with van der Waals surface area (Å²) in [6.07, 6.45) is 4.17. The van der Waals surface area contributed by atoms with Crippen LogP contribution in [0.5, 0.6) is 0 Å². The van der Waals surface area contributed by atoms with Crippen molar-refractivity contribution in [2.75, 3.05) is 0 Å². The first-order valence-corrected chi connectivity index (χ1v) is 10.3. The summed E-state index contributed by atoms with van der Waals surface area (Å²) < 4.78 is -0.397. The predicted octanol–water partition coefficient (Wildman–Crippen LogP) is 1.47. The Morgan fingerprint density at radius 1 is 1.36 bits per heavy atom. The van der Waals surface area contributed by atoms with Crippen LogP contribution >= 0.6 is 18.8 Å². The third-order valence-electron chi connectivity index (χ3n) is 2.13. The molecule has 2 atom stereocenters. The molecule has 2 nitrogen and oxygen atoms in total. The van der Waals surface area contributed by atoms with E-state index in [-0.39, 0.29) is 6.04 Å². The minimum absolute atomic E-state index is 0.0248. The van der Waals surface area contributed by atoms with Crippen LogP contribution in [0.1, 0.15) is 25.7 Å². The van der Waals surface area contributed by atoms with E-state index in [2.05, 4.69) is 0 Å². The minimum atomic E-state index is -2.00. The van der Waals surface area contributed by atoms with Crippen molar-refractivity contribution in [2.45, 2.75) is 35.7 Å². The van der Waals surface area contributed by atoms with Crippen LogP contribution in [0.3, 0.4) is 0 Å². The van der Waals surface area contributed by atoms with E-state index >= 15 is 0 Å². The Kier molecular flexibility index (Phi) is 3.67. The fourth-order valence-electron chi connectivity index (χ4n) is 1.31. The first-order chi connectivity index (χ1) is 5.07. The number of hydrogen-bond acceptors (Lipinski definition) is 2. The Hall–Kier alpha value is 1.19.